The molecule has 3 aromatic rings. The van der Waals surface area contributed by atoms with E-state index in [2.05, 4.69) is 55.5 Å². The molecule has 3 nitrogen and oxygen atoms in total. The number of rotatable bonds is 10. The van der Waals surface area contributed by atoms with Crippen molar-refractivity contribution in [2.75, 3.05) is 0 Å². The predicted molar refractivity (Wildman–Crippen MR) is 147 cm³/mol. The van der Waals surface area contributed by atoms with Crippen molar-refractivity contribution in [3.8, 4) is 22.6 Å². The third-order valence-corrected chi connectivity index (χ3v) is 7.35. The maximum Gasteiger partial charge on any atom is 0.314 e. The summed E-state index contributed by atoms with van der Waals surface area (Å²) in [5.74, 6) is -3.55. The number of hydrogen-bond donors (Lipinski definition) is 0. The Hall–Kier alpha value is -3.47. The van der Waals surface area contributed by atoms with Crippen molar-refractivity contribution in [2.45, 2.75) is 71.1 Å². The summed E-state index contributed by atoms with van der Waals surface area (Å²) in [5.41, 5.74) is 5.06. The van der Waals surface area contributed by atoms with E-state index in [4.69, 9.17) is 9.47 Å². The van der Waals surface area contributed by atoms with Crippen molar-refractivity contribution < 1.29 is 23.0 Å². The molecule has 0 radical (unpaired) electrons. The van der Waals surface area contributed by atoms with Gasteiger partial charge in [0.25, 0.3) is 0 Å². The van der Waals surface area contributed by atoms with Crippen molar-refractivity contribution >= 4 is 5.97 Å². The fourth-order valence-electron chi connectivity index (χ4n) is 5.07. The highest BCUT2D eigenvalue weighted by Gasteiger charge is 2.29. The lowest BCUT2D eigenvalue weighted by molar-refractivity contribution is -0.140. The number of hydrogen-bond acceptors (Lipinski definition) is 3. The summed E-state index contributed by atoms with van der Waals surface area (Å²) >= 11 is 0. The van der Waals surface area contributed by atoms with Crippen LogP contribution in [0.4, 0.5) is 8.78 Å². The van der Waals surface area contributed by atoms with E-state index >= 15 is 0 Å². The Morgan fingerprint density at radius 3 is 2.08 bits per heavy atom. The van der Waals surface area contributed by atoms with Crippen LogP contribution in [-0.4, -0.2) is 5.97 Å². The second-order valence-corrected chi connectivity index (χ2v) is 10.0. The largest absolute Gasteiger partial charge is 0.462 e. The standard InChI is InChI=1S/C33H36F2O3/c1-3-5-6-7-23-8-10-24(11-9-23)25-12-14-26(15-13-25)27-16-18-28(19-17-27)33(36)38-30-21-20-29(37-22-4-2)31(34)32(30)35/h4,8-15,20-22,27-28H,3,5-7,16-19H2,1-2H3. The number of unbranched alkanes of at least 4 members (excludes halogenated alkanes) is 2. The van der Waals surface area contributed by atoms with Crippen molar-refractivity contribution in [1.29, 1.82) is 0 Å². The second-order valence-electron chi connectivity index (χ2n) is 10.0. The first-order chi connectivity index (χ1) is 18.5. The third kappa shape index (κ3) is 6.89. The van der Waals surface area contributed by atoms with E-state index < -0.39 is 23.4 Å². The maximum absolute atomic E-state index is 14.4. The Labute approximate surface area is 224 Å². The molecule has 0 spiro atoms. The fraction of sp³-hybridized carbons (Fsp3) is 0.364. The Balaban J connectivity index is 1.30. The predicted octanol–water partition coefficient (Wildman–Crippen LogP) is 9.16. The van der Waals surface area contributed by atoms with Gasteiger partial charge in [-0.3, -0.25) is 4.79 Å². The molecule has 1 fully saturated rings. The molecular weight excluding hydrogens is 482 g/mol. The molecule has 0 N–H and O–H groups in total. The van der Waals surface area contributed by atoms with E-state index in [1.165, 1.54) is 59.9 Å². The van der Waals surface area contributed by atoms with Gasteiger partial charge in [-0.15, -0.1) is 0 Å². The number of esters is 1. The first kappa shape index (κ1) is 27.6. The molecule has 1 saturated carbocycles. The van der Waals surface area contributed by atoms with Gasteiger partial charge in [-0.05, 0) is 85.8 Å². The first-order valence-corrected chi connectivity index (χ1v) is 13.7. The van der Waals surface area contributed by atoms with Crippen LogP contribution in [0.25, 0.3) is 11.1 Å². The lowest BCUT2D eigenvalue weighted by Gasteiger charge is -2.27. The zero-order valence-corrected chi connectivity index (χ0v) is 22.2. The topological polar surface area (TPSA) is 35.5 Å². The molecule has 200 valence electrons. The smallest absolute Gasteiger partial charge is 0.314 e. The van der Waals surface area contributed by atoms with Gasteiger partial charge in [0.15, 0.2) is 11.5 Å². The minimum absolute atomic E-state index is 0.258. The summed E-state index contributed by atoms with van der Waals surface area (Å²) in [6, 6.07) is 20.0. The van der Waals surface area contributed by atoms with Gasteiger partial charge < -0.3 is 9.47 Å². The molecule has 0 unspecified atom stereocenters. The number of allylic oxidation sites excluding steroid dienone is 1. The molecule has 5 heteroatoms. The van der Waals surface area contributed by atoms with Gasteiger partial charge >= 0.3 is 5.97 Å². The van der Waals surface area contributed by atoms with Crippen LogP contribution in [-0.2, 0) is 11.2 Å². The van der Waals surface area contributed by atoms with Crippen molar-refractivity contribution in [3.63, 3.8) is 0 Å². The molecule has 1 aliphatic carbocycles. The summed E-state index contributed by atoms with van der Waals surface area (Å²) in [5, 5.41) is 0. The van der Waals surface area contributed by atoms with E-state index in [0.29, 0.717) is 18.8 Å². The Kier molecular flexibility index (Phi) is 9.69. The molecule has 0 heterocycles. The summed E-state index contributed by atoms with van der Waals surface area (Å²) in [4.78, 5) is 12.7. The molecule has 0 saturated heterocycles. The van der Waals surface area contributed by atoms with E-state index in [0.717, 1.165) is 19.3 Å². The fourth-order valence-corrected chi connectivity index (χ4v) is 5.07. The Morgan fingerprint density at radius 1 is 0.842 bits per heavy atom. The monoisotopic (exact) mass is 518 g/mol. The Morgan fingerprint density at radius 2 is 1.45 bits per heavy atom. The molecule has 0 aromatic heterocycles. The molecular formula is C33H36F2O3. The highest BCUT2D eigenvalue weighted by atomic mass is 19.2. The van der Waals surface area contributed by atoms with Crippen molar-refractivity contribution in [3.05, 3.63) is 95.8 Å². The van der Waals surface area contributed by atoms with Crippen LogP contribution in [0.3, 0.4) is 0 Å². The maximum atomic E-state index is 14.4. The number of ether oxygens (including phenoxy) is 2. The van der Waals surface area contributed by atoms with Crippen LogP contribution in [0, 0.1) is 17.6 Å². The summed E-state index contributed by atoms with van der Waals surface area (Å²) in [6.45, 7) is 3.92. The van der Waals surface area contributed by atoms with Crippen molar-refractivity contribution in [2.24, 2.45) is 5.92 Å². The zero-order valence-electron chi connectivity index (χ0n) is 22.2. The molecule has 0 bridgehead atoms. The Bertz CT molecular complexity index is 1220. The molecule has 4 rings (SSSR count). The van der Waals surface area contributed by atoms with Crippen LogP contribution in [0.15, 0.2) is 73.0 Å². The molecule has 1 aliphatic rings. The number of aryl methyl sites for hydroxylation is 1. The normalized spacial score (nSPS) is 17.5. The molecule has 0 aliphatic heterocycles. The zero-order chi connectivity index (χ0) is 26.9. The quantitative estimate of drug-likeness (QED) is 0.116. The van der Waals surface area contributed by atoms with Gasteiger partial charge in [0.1, 0.15) is 0 Å². The van der Waals surface area contributed by atoms with E-state index in [1.54, 1.807) is 13.0 Å². The average molecular weight is 519 g/mol. The number of carbonyl (C=O) groups is 1. The summed E-state index contributed by atoms with van der Waals surface area (Å²) in [7, 11) is 0. The minimum atomic E-state index is -1.22. The molecule has 0 amide bonds. The van der Waals surface area contributed by atoms with Gasteiger partial charge in [-0.1, -0.05) is 74.4 Å². The molecule has 0 atom stereocenters. The van der Waals surface area contributed by atoms with Crippen LogP contribution in [0.5, 0.6) is 11.5 Å². The minimum Gasteiger partial charge on any atom is -0.462 e. The van der Waals surface area contributed by atoms with Crippen LogP contribution < -0.4 is 9.47 Å². The van der Waals surface area contributed by atoms with Crippen LogP contribution in [0.2, 0.25) is 0 Å². The SMILES string of the molecule is CC=COc1ccc(OC(=O)C2CCC(c3ccc(-c4ccc(CCCCC)cc4)cc3)CC2)c(F)c1F. The second kappa shape index (κ2) is 13.4. The molecule has 3 aromatic carbocycles. The highest BCUT2D eigenvalue weighted by Crippen LogP contribution is 2.38. The number of benzene rings is 3. The van der Waals surface area contributed by atoms with Gasteiger partial charge in [0.2, 0.25) is 11.6 Å². The summed E-state index contributed by atoms with van der Waals surface area (Å²) in [6.07, 6.45) is 10.7. The first-order valence-electron chi connectivity index (χ1n) is 13.7. The number of carbonyl (C=O) groups excluding carboxylic acids is 1. The van der Waals surface area contributed by atoms with Crippen LogP contribution in [0.1, 0.15) is 75.8 Å². The van der Waals surface area contributed by atoms with E-state index in [9.17, 15) is 13.6 Å². The number of halogens is 2. The van der Waals surface area contributed by atoms with Gasteiger partial charge in [0.05, 0.1) is 12.2 Å². The van der Waals surface area contributed by atoms with Crippen molar-refractivity contribution in [1.82, 2.24) is 0 Å². The highest BCUT2D eigenvalue weighted by molar-refractivity contribution is 5.75. The van der Waals surface area contributed by atoms with Gasteiger partial charge in [-0.2, -0.15) is 8.78 Å². The van der Waals surface area contributed by atoms with Gasteiger partial charge in [0, 0.05) is 0 Å². The average Bonchev–Trinajstić information content (AvgIpc) is 2.96. The van der Waals surface area contributed by atoms with Gasteiger partial charge in [-0.25, -0.2) is 0 Å². The lowest BCUT2D eigenvalue weighted by atomic mass is 9.78. The van der Waals surface area contributed by atoms with Crippen LogP contribution >= 0.6 is 0 Å². The lowest BCUT2D eigenvalue weighted by Crippen LogP contribution is -2.25. The molecule has 38 heavy (non-hydrogen) atoms. The van der Waals surface area contributed by atoms with E-state index in [1.807, 2.05) is 0 Å². The van der Waals surface area contributed by atoms with E-state index in [-0.39, 0.29) is 11.7 Å². The summed E-state index contributed by atoms with van der Waals surface area (Å²) < 4.78 is 38.8. The third-order valence-electron chi connectivity index (χ3n) is 7.35.